The number of urea groups is 1. The Bertz CT molecular complexity index is 441. The van der Waals surface area contributed by atoms with E-state index in [4.69, 9.17) is 0 Å². The van der Waals surface area contributed by atoms with E-state index < -0.39 is 12.3 Å². The molecule has 0 aliphatic rings. The average Bonchev–Trinajstić information content (AvgIpc) is 2.17. The molecule has 0 spiro atoms. The van der Waals surface area contributed by atoms with Gasteiger partial charge in [0.25, 0.3) is 0 Å². The maximum Gasteiger partial charge on any atom is 0.485 e. The van der Waals surface area contributed by atoms with Crippen LogP contribution in [0.25, 0.3) is 0 Å². The zero-order chi connectivity index (χ0) is 13.9. The van der Waals surface area contributed by atoms with Crippen LogP contribution in [0.5, 0.6) is 0 Å². The molecular formula is C12H15F3N2O. The number of para-hydroxylation sites is 1. The quantitative estimate of drug-likeness (QED) is 0.781. The number of alkyl halides is 3. The van der Waals surface area contributed by atoms with E-state index in [2.05, 4.69) is 5.32 Å². The summed E-state index contributed by atoms with van der Waals surface area (Å²) >= 11 is 0. The van der Waals surface area contributed by atoms with E-state index in [1.54, 1.807) is 25.1 Å². The van der Waals surface area contributed by atoms with Gasteiger partial charge in [0.15, 0.2) is 0 Å². The Morgan fingerprint density at radius 2 is 1.89 bits per heavy atom. The number of halogens is 3. The molecule has 0 radical (unpaired) electrons. The van der Waals surface area contributed by atoms with E-state index in [0.29, 0.717) is 5.69 Å². The van der Waals surface area contributed by atoms with Gasteiger partial charge in [-0.1, -0.05) is 32.0 Å². The minimum absolute atomic E-state index is 0.103. The molecule has 2 N–H and O–H groups in total. The summed E-state index contributed by atoms with van der Waals surface area (Å²) in [6.45, 7) is 5.54. The summed E-state index contributed by atoms with van der Waals surface area (Å²) in [5.74, 6) is 0.103. The van der Waals surface area contributed by atoms with E-state index in [0.717, 1.165) is 16.4 Å². The topological polar surface area (TPSA) is 41.1 Å². The molecule has 1 aromatic carbocycles. The first-order chi connectivity index (χ1) is 8.20. The summed E-state index contributed by atoms with van der Waals surface area (Å²) in [6, 6.07) is 4.03. The van der Waals surface area contributed by atoms with Gasteiger partial charge in [-0.25, -0.2) is 10.1 Å². The highest BCUT2D eigenvalue weighted by atomic mass is 19.4. The molecule has 0 saturated carbocycles. The number of nitrogens with one attached hydrogen (secondary N) is 2. The Balaban J connectivity index is 2.93. The lowest BCUT2D eigenvalue weighted by Crippen LogP contribution is -2.40. The van der Waals surface area contributed by atoms with Crippen LogP contribution in [-0.4, -0.2) is 12.3 Å². The molecule has 0 atom stereocenters. The van der Waals surface area contributed by atoms with E-state index in [1.807, 2.05) is 13.8 Å². The molecule has 0 aliphatic heterocycles. The number of anilines is 1. The maximum atomic E-state index is 12.0. The Hall–Kier alpha value is -1.72. The maximum absolute atomic E-state index is 12.0. The molecule has 2 amide bonds. The molecule has 6 heteroatoms. The van der Waals surface area contributed by atoms with Crippen molar-refractivity contribution in [2.45, 2.75) is 33.0 Å². The monoisotopic (exact) mass is 260 g/mol. The summed E-state index contributed by atoms with van der Waals surface area (Å²) in [6.07, 6.45) is -4.73. The van der Waals surface area contributed by atoms with Crippen LogP contribution in [0.1, 0.15) is 30.9 Å². The highest BCUT2D eigenvalue weighted by Gasteiger charge is 2.30. The fraction of sp³-hybridized carbons (Fsp3) is 0.417. The number of carbonyl (C=O) groups excluding carboxylic acids is 1. The highest BCUT2D eigenvalue weighted by molar-refractivity contribution is 5.91. The van der Waals surface area contributed by atoms with E-state index >= 15 is 0 Å². The first-order valence-corrected chi connectivity index (χ1v) is 5.46. The van der Waals surface area contributed by atoms with Crippen LogP contribution in [0.3, 0.4) is 0 Å². The van der Waals surface area contributed by atoms with Gasteiger partial charge in [0.1, 0.15) is 0 Å². The summed E-state index contributed by atoms with van der Waals surface area (Å²) in [5, 5.41) is 3.16. The number of hydrogen-bond donors (Lipinski definition) is 2. The van der Waals surface area contributed by atoms with Crippen molar-refractivity contribution < 1.29 is 18.0 Å². The van der Waals surface area contributed by atoms with Crippen LogP contribution in [0.15, 0.2) is 18.2 Å². The Morgan fingerprint density at radius 3 is 2.39 bits per heavy atom. The van der Waals surface area contributed by atoms with Crippen LogP contribution < -0.4 is 10.6 Å². The van der Waals surface area contributed by atoms with Gasteiger partial charge < -0.3 is 5.32 Å². The number of aryl methyl sites for hydroxylation is 1. The third-order valence-corrected chi connectivity index (χ3v) is 2.42. The van der Waals surface area contributed by atoms with Crippen LogP contribution in [0, 0.1) is 6.92 Å². The van der Waals surface area contributed by atoms with Crippen molar-refractivity contribution in [3.8, 4) is 0 Å². The molecule has 0 aromatic heterocycles. The van der Waals surface area contributed by atoms with Crippen LogP contribution in [0.2, 0.25) is 0 Å². The number of carbonyl (C=O) groups is 1. The smallest absolute Gasteiger partial charge is 0.307 e. The normalized spacial score (nSPS) is 11.5. The summed E-state index contributed by atoms with van der Waals surface area (Å²) in [4.78, 5) is 11.2. The van der Waals surface area contributed by atoms with Gasteiger partial charge in [0, 0.05) is 5.69 Å². The lowest BCUT2D eigenvalue weighted by Gasteiger charge is -2.17. The Kier molecular flexibility index (Phi) is 4.21. The van der Waals surface area contributed by atoms with Crippen molar-refractivity contribution >= 4 is 11.7 Å². The molecule has 100 valence electrons. The van der Waals surface area contributed by atoms with Crippen LogP contribution >= 0.6 is 0 Å². The van der Waals surface area contributed by atoms with Crippen LogP contribution in [0.4, 0.5) is 23.7 Å². The molecule has 18 heavy (non-hydrogen) atoms. The minimum atomic E-state index is -4.73. The van der Waals surface area contributed by atoms with Gasteiger partial charge in [-0.15, -0.1) is 0 Å². The average molecular weight is 260 g/mol. The van der Waals surface area contributed by atoms with E-state index in [-0.39, 0.29) is 5.92 Å². The summed E-state index contributed by atoms with van der Waals surface area (Å²) in [7, 11) is 0. The molecule has 1 rings (SSSR count). The second kappa shape index (κ2) is 5.29. The van der Waals surface area contributed by atoms with Gasteiger partial charge in [0.05, 0.1) is 0 Å². The van der Waals surface area contributed by atoms with Gasteiger partial charge in [-0.05, 0) is 24.0 Å². The zero-order valence-corrected chi connectivity index (χ0v) is 10.4. The number of benzene rings is 1. The number of hydrogen-bond acceptors (Lipinski definition) is 1. The number of rotatable bonds is 2. The molecule has 0 fully saturated rings. The lowest BCUT2D eigenvalue weighted by atomic mass is 9.98. The van der Waals surface area contributed by atoms with E-state index in [1.165, 1.54) is 0 Å². The van der Waals surface area contributed by atoms with Gasteiger partial charge >= 0.3 is 12.3 Å². The van der Waals surface area contributed by atoms with Crippen molar-refractivity contribution in [2.75, 3.05) is 5.32 Å². The number of amides is 2. The second-order valence-corrected chi connectivity index (χ2v) is 4.27. The third-order valence-electron chi connectivity index (χ3n) is 2.42. The second-order valence-electron chi connectivity index (χ2n) is 4.27. The van der Waals surface area contributed by atoms with Crippen molar-refractivity contribution in [2.24, 2.45) is 0 Å². The molecule has 0 unspecified atom stereocenters. The molecule has 0 saturated heterocycles. The van der Waals surface area contributed by atoms with Crippen LogP contribution in [-0.2, 0) is 0 Å². The summed E-state index contributed by atoms with van der Waals surface area (Å²) < 4.78 is 36.0. The van der Waals surface area contributed by atoms with Gasteiger partial charge in [0.2, 0.25) is 0 Å². The molecule has 0 bridgehead atoms. The lowest BCUT2D eigenvalue weighted by molar-refractivity contribution is -0.144. The Morgan fingerprint density at radius 1 is 1.28 bits per heavy atom. The Labute approximate surface area is 103 Å². The standard InChI is InChI=1S/C12H15F3N2O/c1-7(2)9-6-4-5-8(3)10(9)16-11(18)17-12(13,14)15/h4-7H,1-3H3,(H2,16,17,18). The van der Waals surface area contributed by atoms with Gasteiger partial charge in [-0.3, -0.25) is 0 Å². The van der Waals surface area contributed by atoms with Crippen molar-refractivity contribution in [1.82, 2.24) is 5.32 Å². The van der Waals surface area contributed by atoms with Crippen molar-refractivity contribution in [1.29, 1.82) is 0 Å². The fourth-order valence-electron chi connectivity index (χ4n) is 1.62. The van der Waals surface area contributed by atoms with Crippen molar-refractivity contribution in [3.63, 3.8) is 0 Å². The SMILES string of the molecule is Cc1cccc(C(C)C)c1NC(=O)NC(F)(F)F. The molecule has 0 aliphatic carbocycles. The predicted octanol–water partition coefficient (Wildman–Crippen LogP) is 3.76. The first kappa shape index (κ1) is 14.3. The molecule has 1 aromatic rings. The van der Waals surface area contributed by atoms with E-state index in [9.17, 15) is 18.0 Å². The molecule has 0 heterocycles. The summed E-state index contributed by atoms with van der Waals surface area (Å²) in [5.41, 5.74) is 1.94. The zero-order valence-electron chi connectivity index (χ0n) is 10.4. The molecule has 3 nitrogen and oxygen atoms in total. The molecular weight excluding hydrogens is 245 g/mol. The first-order valence-electron chi connectivity index (χ1n) is 5.46. The van der Waals surface area contributed by atoms with Crippen molar-refractivity contribution in [3.05, 3.63) is 29.3 Å². The fourth-order valence-corrected chi connectivity index (χ4v) is 1.62. The van der Waals surface area contributed by atoms with Gasteiger partial charge in [-0.2, -0.15) is 13.2 Å². The largest absolute Gasteiger partial charge is 0.485 e. The third kappa shape index (κ3) is 3.94. The highest BCUT2D eigenvalue weighted by Crippen LogP contribution is 2.27. The minimum Gasteiger partial charge on any atom is -0.307 e. The predicted molar refractivity (Wildman–Crippen MR) is 63.5 cm³/mol.